The number of amides is 1. The molecule has 1 aromatic heterocycles. The van der Waals surface area contributed by atoms with Gasteiger partial charge in [-0.15, -0.1) is 0 Å². The second-order valence-electron chi connectivity index (χ2n) is 8.02. The summed E-state index contributed by atoms with van der Waals surface area (Å²) in [6.45, 7) is 6.68. The van der Waals surface area contributed by atoms with E-state index in [1.54, 1.807) is 6.26 Å². The molecule has 4 heterocycles. The molecule has 1 N–H and O–H groups in total. The normalized spacial score (nSPS) is 24.9. The Labute approximate surface area is 172 Å². The molecule has 0 aromatic carbocycles. The summed E-state index contributed by atoms with van der Waals surface area (Å²) < 4.78 is 11.3. The van der Waals surface area contributed by atoms with Gasteiger partial charge in [-0.3, -0.25) is 14.7 Å². The van der Waals surface area contributed by atoms with Crippen molar-refractivity contribution in [3.63, 3.8) is 0 Å². The molecule has 3 aliphatic rings. The Kier molecular flexibility index (Phi) is 6.71. The minimum Gasteiger partial charge on any atom is -0.468 e. The molecule has 8 heteroatoms. The lowest BCUT2D eigenvalue weighted by Gasteiger charge is -2.38. The number of rotatable bonds is 5. The number of nitrogens with one attached hydrogen (secondary N) is 1. The smallest absolute Gasteiger partial charge is 0.251 e. The van der Waals surface area contributed by atoms with Crippen LogP contribution in [0.1, 0.15) is 37.5 Å². The minimum atomic E-state index is -0.228. The zero-order valence-corrected chi connectivity index (χ0v) is 17.4. The molecule has 4 rings (SSSR count). The van der Waals surface area contributed by atoms with E-state index in [1.165, 1.54) is 12.8 Å². The molecule has 160 valence electrons. The van der Waals surface area contributed by atoms with E-state index in [4.69, 9.17) is 9.15 Å². The van der Waals surface area contributed by atoms with Crippen molar-refractivity contribution < 1.29 is 13.9 Å². The van der Waals surface area contributed by atoms with Gasteiger partial charge in [0.15, 0.2) is 5.96 Å². The Morgan fingerprint density at radius 3 is 2.55 bits per heavy atom. The van der Waals surface area contributed by atoms with Crippen LogP contribution in [0, 0.1) is 0 Å². The SMILES string of the molecule is CN=C(NCC(c1ccco1)N1CCCC1)N1CCN(C(=O)C2CCCO2)CC1. The molecule has 3 saturated heterocycles. The topological polar surface area (TPSA) is 73.6 Å². The zero-order valence-electron chi connectivity index (χ0n) is 17.4. The molecule has 0 radical (unpaired) electrons. The van der Waals surface area contributed by atoms with Gasteiger partial charge in [0, 0.05) is 46.4 Å². The highest BCUT2D eigenvalue weighted by Crippen LogP contribution is 2.25. The maximum Gasteiger partial charge on any atom is 0.251 e. The number of piperazine rings is 1. The first kappa shape index (κ1) is 20.2. The van der Waals surface area contributed by atoms with Crippen molar-refractivity contribution in [1.82, 2.24) is 20.0 Å². The van der Waals surface area contributed by atoms with Crippen LogP contribution in [-0.4, -0.2) is 92.1 Å². The van der Waals surface area contributed by atoms with Crippen molar-refractivity contribution in [2.45, 2.75) is 37.8 Å². The van der Waals surface area contributed by atoms with Crippen molar-refractivity contribution in [2.24, 2.45) is 4.99 Å². The van der Waals surface area contributed by atoms with Gasteiger partial charge in [0.25, 0.3) is 5.91 Å². The summed E-state index contributed by atoms with van der Waals surface area (Å²) >= 11 is 0. The highest BCUT2D eigenvalue weighted by molar-refractivity contribution is 5.82. The third kappa shape index (κ3) is 4.75. The van der Waals surface area contributed by atoms with Gasteiger partial charge in [-0.05, 0) is 50.9 Å². The molecule has 3 aliphatic heterocycles. The number of hydrogen-bond donors (Lipinski definition) is 1. The number of carbonyl (C=O) groups is 1. The number of ether oxygens (including phenoxy) is 1. The third-order valence-corrected chi connectivity index (χ3v) is 6.21. The number of carbonyl (C=O) groups excluding carboxylic acids is 1. The number of aliphatic imine (C=N–C) groups is 1. The summed E-state index contributed by atoms with van der Waals surface area (Å²) in [5, 5.41) is 3.55. The van der Waals surface area contributed by atoms with Crippen molar-refractivity contribution in [2.75, 3.05) is 59.5 Å². The van der Waals surface area contributed by atoms with E-state index >= 15 is 0 Å². The fourth-order valence-corrected chi connectivity index (χ4v) is 4.58. The summed E-state index contributed by atoms with van der Waals surface area (Å²) in [5.41, 5.74) is 0. The molecular weight excluding hydrogens is 370 g/mol. The maximum absolute atomic E-state index is 12.6. The van der Waals surface area contributed by atoms with Gasteiger partial charge in [0.2, 0.25) is 0 Å². The van der Waals surface area contributed by atoms with E-state index in [2.05, 4.69) is 26.2 Å². The summed E-state index contributed by atoms with van der Waals surface area (Å²) in [4.78, 5) is 23.7. The van der Waals surface area contributed by atoms with Crippen LogP contribution in [0.4, 0.5) is 0 Å². The summed E-state index contributed by atoms with van der Waals surface area (Å²) in [7, 11) is 1.82. The summed E-state index contributed by atoms with van der Waals surface area (Å²) in [6.07, 6.45) is 5.85. The zero-order chi connectivity index (χ0) is 20.1. The standard InChI is InChI=1S/C21H33N5O3/c1-22-21(23-16-17(18-6-4-14-28-18)24-8-2-3-9-24)26-12-10-25(11-13-26)20(27)19-7-5-15-29-19/h4,6,14,17,19H,2-3,5,7-13,15-16H2,1H3,(H,22,23). The van der Waals surface area contributed by atoms with Crippen molar-refractivity contribution in [1.29, 1.82) is 0 Å². The average Bonchev–Trinajstić information content (AvgIpc) is 3.54. The third-order valence-electron chi connectivity index (χ3n) is 6.21. The second kappa shape index (κ2) is 9.63. The molecule has 0 spiro atoms. The first-order valence-electron chi connectivity index (χ1n) is 10.9. The molecular formula is C21H33N5O3. The minimum absolute atomic E-state index is 0.150. The Hall–Kier alpha value is -2.06. The molecule has 0 saturated carbocycles. The van der Waals surface area contributed by atoms with Crippen LogP contribution < -0.4 is 5.32 Å². The molecule has 3 fully saturated rings. The number of guanidine groups is 1. The molecule has 8 nitrogen and oxygen atoms in total. The van der Waals surface area contributed by atoms with Crippen LogP contribution >= 0.6 is 0 Å². The van der Waals surface area contributed by atoms with Crippen molar-refractivity contribution in [3.8, 4) is 0 Å². The summed E-state index contributed by atoms with van der Waals surface area (Å²) in [6, 6.07) is 4.23. The highest BCUT2D eigenvalue weighted by Gasteiger charge is 2.31. The largest absolute Gasteiger partial charge is 0.468 e. The van der Waals surface area contributed by atoms with E-state index in [0.717, 1.165) is 57.3 Å². The van der Waals surface area contributed by atoms with Crippen molar-refractivity contribution >= 4 is 11.9 Å². The highest BCUT2D eigenvalue weighted by atomic mass is 16.5. The van der Waals surface area contributed by atoms with Gasteiger partial charge in [0.05, 0.1) is 12.3 Å². The fourth-order valence-electron chi connectivity index (χ4n) is 4.58. The molecule has 1 aromatic rings. The van der Waals surface area contributed by atoms with E-state index in [9.17, 15) is 4.79 Å². The van der Waals surface area contributed by atoms with Crippen LogP contribution in [0.2, 0.25) is 0 Å². The number of likely N-dealkylation sites (tertiary alicyclic amines) is 1. The number of hydrogen-bond acceptors (Lipinski definition) is 5. The van der Waals surface area contributed by atoms with Crippen LogP contribution in [0.5, 0.6) is 0 Å². The van der Waals surface area contributed by atoms with E-state index < -0.39 is 0 Å². The van der Waals surface area contributed by atoms with Gasteiger partial charge in [-0.2, -0.15) is 0 Å². The molecule has 2 unspecified atom stereocenters. The Balaban J connectivity index is 1.30. The van der Waals surface area contributed by atoms with Gasteiger partial charge in [-0.1, -0.05) is 0 Å². The molecule has 0 aliphatic carbocycles. The monoisotopic (exact) mass is 403 g/mol. The Bertz CT molecular complexity index is 672. The van der Waals surface area contributed by atoms with Gasteiger partial charge in [0.1, 0.15) is 11.9 Å². The molecule has 29 heavy (non-hydrogen) atoms. The molecule has 1 amide bonds. The molecule has 0 bridgehead atoms. The Morgan fingerprint density at radius 1 is 1.17 bits per heavy atom. The van der Waals surface area contributed by atoms with Crippen LogP contribution in [0.15, 0.2) is 27.8 Å². The fraction of sp³-hybridized carbons (Fsp3) is 0.714. The van der Waals surface area contributed by atoms with Gasteiger partial charge < -0.3 is 24.3 Å². The van der Waals surface area contributed by atoms with Gasteiger partial charge >= 0.3 is 0 Å². The van der Waals surface area contributed by atoms with E-state index in [-0.39, 0.29) is 18.1 Å². The maximum atomic E-state index is 12.6. The lowest BCUT2D eigenvalue weighted by atomic mass is 10.2. The van der Waals surface area contributed by atoms with Crippen LogP contribution in [0.25, 0.3) is 0 Å². The number of furan rings is 1. The van der Waals surface area contributed by atoms with E-state index in [1.807, 2.05) is 18.0 Å². The lowest BCUT2D eigenvalue weighted by Crippen LogP contribution is -2.55. The predicted octanol–water partition coefficient (Wildman–Crippen LogP) is 1.32. The molecule has 2 atom stereocenters. The second-order valence-corrected chi connectivity index (χ2v) is 8.02. The van der Waals surface area contributed by atoms with Crippen LogP contribution in [-0.2, 0) is 9.53 Å². The van der Waals surface area contributed by atoms with Gasteiger partial charge in [-0.25, -0.2) is 0 Å². The average molecular weight is 404 g/mol. The van der Waals surface area contributed by atoms with Crippen LogP contribution in [0.3, 0.4) is 0 Å². The Morgan fingerprint density at radius 2 is 1.93 bits per heavy atom. The first-order valence-corrected chi connectivity index (χ1v) is 10.9. The van der Waals surface area contributed by atoms with E-state index in [0.29, 0.717) is 19.7 Å². The number of nitrogens with zero attached hydrogens (tertiary/aromatic N) is 4. The first-order chi connectivity index (χ1) is 14.3. The summed E-state index contributed by atoms with van der Waals surface area (Å²) in [5.74, 6) is 2.05. The lowest BCUT2D eigenvalue weighted by molar-refractivity contribution is -0.142. The quantitative estimate of drug-likeness (QED) is 0.590. The van der Waals surface area contributed by atoms with Crippen molar-refractivity contribution in [3.05, 3.63) is 24.2 Å². The predicted molar refractivity (Wildman–Crippen MR) is 111 cm³/mol.